The molecule has 0 saturated heterocycles. The first kappa shape index (κ1) is 20.0. The molecule has 0 radical (unpaired) electrons. The number of para-hydroxylation sites is 1. The van der Waals surface area contributed by atoms with E-state index in [0.717, 1.165) is 11.8 Å². The average molecular weight is 394 g/mol. The predicted octanol–water partition coefficient (Wildman–Crippen LogP) is 4.09. The summed E-state index contributed by atoms with van der Waals surface area (Å²) in [6.07, 6.45) is 4.22. The van der Waals surface area contributed by atoms with E-state index in [9.17, 15) is 14.0 Å². The zero-order valence-corrected chi connectivity index (χ0v) is 16.0. The number of rotatable bonds is 7. The standard InChI is InChI=1S/C22H19FN2O4/c1-3-29-22(27)21-15(14-25(24-21)16-7-5-4-6-8-16)9-12-20(26)18-11-10-17(28-2)13-19(18)23/h4-14H,3H2,1-2H3/b12-9+. The van der Waals surface area contributed by atoms with Crippen LogP contribution in [0, 0.1) is 5.82 Å². The van der Waals surface area contributed by atoms with Crippen molar-refractivity contribution in [2.45, 2.75) is 6.92 Å². The quantitative estimate of drug-likeness (QED) is 0.343. The lowest BCUT2D eigenvalue weighted by atomic mass is 10.1. The van der Waals surface area contributed by atoms with Gasteiger partial charge in [-0.25, -0.2) is 13.9 Å². The summed E-state index contributed by atoms with van der Waals surface area (Å²) in [4.78, 5) is 24.7. The van der Waals surface area contributed by atoms with Crippen molar-refractivity contribution in [1.29, 1.82) is 0 Å². The molecule has 3 rings (SSSR count). The minimum Gasteiger partial charge on any atom is -0.497 e. The third-order valence-electron chi connectivity index (χ3n) is 4.09. The van der Waals surface area contributed by atoms with Crippen molar-refractivity contribution in [3.05, 3.63) is 83.4 Å². The summed E-state index contributed by atoms with van der Waals surface area (Å²) in [6, 6.07) is 13.2. The summed E-state index contributed by atoms with van der Waals surface area (Å²) in [5.74, 6) is -1.53. The molecule has 0 N–H and O–H groups in total. The topological polar surface area (TPSA) is 70.4 Å². The van der Waals surface area contributed by atoms with Crippen LogP contribution in [-0.4, -0.2) is 35.2 Å². The van der Waals surface area contributed by atoms with Gasteiger partial charge in [0.2, 0.25) is 0 Å². The van der Waals surface area contributed by atoms with Crippen LogP contribution in [0.15, 0.2) is 60.8 Å². The van der Waals surface area contributed by atoms with Gasteiger partial charge in [0.15, 0.2) is 11.5 Å². The molecule has 148 valence electrons. The number of aromatic nitrogens is 2. The molecule has 0 saturated carbocycles. The number of allylic oxidation sites excluding steroid dienone is 1. The number of carbonyl (C=O) groups is 2. The lowest BCUT2D eigenvalue weighted by Crippen LogP contribution is -2.08. The van der Waals surface area contributed by atoms with E-state index in [4.69, 9.17) is 9.47 Å². The Morgan fingerprint density at radius 1 is 1.17 bits per heavy atom. The van der Waals surface area contributed by atoms with Gasteiger partial charge < -0.3 is 9.47 Å². The highest BCUT2D eigenvalue weighted by Crippen LogP contribution is 2.19. The summed E-state index contributed by atoms with van der Waals surface area (Å²) < 4.78 is 25.6. The Bertz CT molecular complexity index is 1060. The molecule has 0 unspecified atom stereocenters. The van der Waals surface area contributed by atoms with E-state index in [2.05, 4.69) is 5.10 Å². The number of hydrogen-bond donors (Lipinski definition) is 0. The highest BCUT2D eigenvalue weighted by atomic mass is 19.1. The van der Waals surface area contributed by atoms with Crippen molar-refractivity contribution in [3.63, 3.8) is 0 Å². The Morgan fingerprint density at radius 3 is 2.59 bits per heavy atom. The van der Waals surface area contributed by atoms with Gasteiger partial charge >= 0.3 is 5.97 Å². The van der Waals surface area contributed by atoms with Gasteiger partial charge in [-0.3, -0.25) is 4.79 Å². The third-order valence-corrected chi connectivity index (χ3v) is 4.09. The van der Waals surface area contributed by atoms with Gasteiger partial charge in [0, 0.05) is 17.8 Å². The number of ketones is 1. The molecule has 0 atom stereocenters. The Balaban J connectivity index is 1.93. The van der Waals surface area contributed by atoms with Crippen LogP contribution < -0.4 is 4.74 Å². The molecule has 6 nitrogen and oxygen atoms in total. The Hall–Kier alpha value is -3.74. The van der Waals surface area contributed by atoms with Crippen molar-refractivity contribution >= 4 is 17.8 Å². The average Bonchev–Trinajstić information content (AvgIpc) is 3.17. The molecule has 0 amide bonds. The van der Waals surface area contributed by atoms with Crippen LogP contribution >= 0.6 is 0 Å². The van der Waals surface area contributed by atoms with Crippen molar-refractivity contribution in [2.24, 2.45) is 0 Å². The molecule has 0 aliphatic carbocycles. The van der Waals surface area contributed by atoms with E-state index < -0.39 is 17.6 Å². The molecule has 0 fully saturated rings. The number of hydrogen-bond acceptors (Lipinski definition) is 5. The van der Waals surface area contributed by atoms with Crippen LogP contribution in [0.1, 0.15) is 33.3 Å². The molecule has 1 aromatic heterocycles. The van der Waals surface area contributed by atoms with E-state index in [0.29, 0.717) is 11.3 Å². The molecular weight excluding hydrogens is 375 g/mol. The largest absolute Gasteiger partial charge is 0.497 e. The maximum atomic E-state index is 14.1. The van der Waals surface area contributed by atoms with Crippen molar-refractivity contribution in [1.82, 2.24) is 9.78 Å². The first-order valence-corrected chi connectivity index (χ1v) is 8.91. The molecular formula is C22H19FN2O4. The van der Waals surface area contributed by atoms with E-state index >= 15 is 0 Å². The molecule has 3 aromatic rings. The Kier molecular flexibility index (Phi) is 6.19. The lowest BCUT2D eigenvalue weighted by molar-refractivity contribution is 0.0518. The zero-order valence-electron chi connectivity index (χ0n) is 16.0. The van der Waals surface area contributed by atoms with Gasteiger partial charge in [-0.05, 0) is 43.3 Å². The van der Waals surface area contributed by atoms with Crippen molar-refractivity contribution in [2.75, 3.05) is 13.7 Å². The Morgan fingerprint density at radius 2 is 1.93 bits per heavy atom. The SMILES string of the molecule is CCOC(=O)c1nn(-c2ccccc2)cc1/C=C/C(=O)c1ccc(OC)cc1F. The molecule has 0 bridgehead atoms. The number of ether oxygens (including phenoxy) is 2. The van der Waals surface area contributed by atoms with Crippen LogP contribution in [-0.2, 0) is 4.74 Å². The van der Waals surface area contributed by atoms with E-state index in [1.165, 1.54) is 36.1 Å². The number of methoxy groups -OCH3 is 1. The lowest BCUT2D eigenvalue weighted by Gasteiger charge is -2.02. The molecule has 0 spiro atoms. The fourth-order valence-electron chi connectivity index (χ4n) is 2.66. The zero-order chi connectivity index (χ0) is 20.8. The number of nitrogens with zero attached hydrogens (tertiary/aromatic N) is 2. The minimum atomic E-state index is -0.690. The number of carbonyl (C=O) groups excluding carboxylic acids is 2. The second-order valence-corrected chi connectivity index (χ2v) is 5.98. The molecule has 0 aliphatic heterocycles. The van der Waals surface area contributed by atoms with E-state index in [-0.39, 0.29) is 17.9 Å². The van der Waals surface area contributed by atoms with Gasteiger partial charge in [0.05, 0.1) is 25.0 Å². The van der Waals surface area contributed by atoms with Gasteiger partial charge in [0.25, 0.3) is 0 Å². The number of halogens is 1. The van der Waals surface area contributed by atoms with Crippen LogP contribution in [0.25, 0.3) is 11.8 Å². The number of benzene rings is 2. The van der Waals surface area contributed by atoms with Crippen molar-refractivity contribution in [3.8, 4) is 11.4 Å². The maximum Gasteiger partial charge on any atom is 0.359 e. The van der Waals surface area contributed by atoms with Gasteiger partial charge in [-0.15, -0.1) is 0 Å². The number of esters is 1. The molecule has 0 aliphatic rings. The molecule has 29 heavy (non-hydrogen) atoms. The summed E-state index contributed by atoms with van der Waals surface area (Å²) in [7, 11) is 1.41. The maximum absolute atomic E-state index is 14.1. The monoisotopic (exact) mass is 394 g/mol. The highest BCUT2D eigenvalue weighted by Gasteiger charge is 2.18. The predicted molar refractivity (Wildman–Crippen MR) is 106 cm³/mol. The first-order chi connectivity index (χ1) is 14.0. The third kappa shape index (κ3) is 4.57. The fourth-order valence-corrected chi connectivity index (χ4v) is 2.66. The van der Waals surface area contributed by atoms with Gasteiger partial charge in [0.1, 0.15) is 11.6 Å². The normalized spacial score (nSPS) is 10.9. The summed E-state index contributed by atoms with van der Waals surface area (Å²) in [6.45, 7) is 1.88. The Labute approximate surface area is 167 Å². The van der Waals surface area contributed by atoms with Crippen molar-refractivity contribution < 1.29 is 23.5 Å². The van der Waals surface area contributed by atoms with Crippen LogP contribution in [0.2, 0.25) is 0 Å². The smallest absolute Gasteiger partial charge is 0.359 e. The van der Waals surface area contributed by atoms with Crippen LogP contribution in [0.4, 0.5) is 4.39 Å². The van der Waals surface area contributed by atoms with Crippen LogP contribution in [0.5, 0.6) is 5.75 Å². The van der Waals surface area contributed by atoms with Crippen LogP contribution in [0.3, 0.4) is 0 Å². The fraction of sp³-hybridized carbons (Fsp3) is 0.136. The summed E-state index contributed by atoms with van der Waals surface area (Å²) in [5, 5.41) is 4.28. The van der Waals surface area contributed by atoms with E-state index in [1.807, 2.05) is 30.3 Å². The van der Waals surface area contributed by atoms with Gasteiger partial charge in [-0.1, -0.05) is 18.2 Å². The second-order valence-electron chi connectivity index (χ2n) is 5.98. The highest BCUT2D eigenvalue weighted by molar-refractivity contribution is 6.07. The minimum absolute atomic E-state index is 0.0648. The first-order valence-electron chi connectivity index (χ1n) is 8.91. The molecule has 1 heterocycles. The second kappa shape index (κ2) is 8.97. The van der Waals surface area contributed by atoms with E-state index in [1.54, 1.807) is 13.1 Å². The summed E-state index contributed by atoms with van der Waals surface area (Å²) >= 11 is 0. The van der Waals surface area contributed by atoms with Gasteiger partial charge in [-0.2, -0.15) is 5.10 Å². The molecule has 7 heteroatoms. The molecule has 2 aromatic carbocycles. The summed E-state index contributed by atoms with van der Waals surface area (Å²) in [5.41, 5.74) is 1.09.